The molecule has 1 fully saturated rings. The van der Waals surface area contributed by atoms with E-state index in [0.717, 1.165) is 12.3 Å². The molecule has 0 atom stereocenters. The Hall–Kier alpha value is -1.50. The highest BCUT2D eigenvalue weighted by atomic mass is 14.7. The van der Waals surface area contributed by atoms with Crippen molar-refractivity contribution in [3.8, 4) is 0 Å². The second-order valence-corrected chi connectivity index (χ2v) is 4.39. The maximum Gasteiger partial charge on any atom is 0.0459 e. The van der Waals surface area contributed by atoms with Crippen molar-refractivity contribution in [1.82, 2.24) is 4.98 Å². The summed E-state index contributed by atoms with van der Waals surface area (Å²) in [7, 11) is 0. The minimum Gasteiger partial charge on any atom is -0.361 e. The van der Waals surface area contributed by atoms with Crippen LogP contribution in [0.5, 0.6) is 0 Å². The number of benzene rings is 1. The van der Waals surface area contributed by atoms with Crippen molar-refractivity contribution < 1.29 is 0 Å². The van der Waals surface area contributed by atoms with E-state index in [0.29, 0.717) is 0 Å². The first kappa shape index (κ1) is 8.78. The topological polar surface area (TPSA) is 15.8 Å². The first-order valence-corrected chi connectivity index (χ1v) is 5.59. The molecule has 0 saturated heterocycles. The molecular formula is C14H15N. The standard InChI is InChI=1S/C14H15N/c1-2-3-12-9-15-14-8-11(10-4-5-10)6-7-13(12)14/h2,6-10,15H,1,3-5H2. The van der Waals surface area contributed by atoms with Gasteiger partial charge in [0.15, 0.2) is 0 Å². The van der Waals surface area contributed by atoms with Gasteiger partial charge in [-0.15, -0.1) is 6.58 Å². The summed E-state index contributed by atoms with van der Waals surface area (Å²) >= 11 is 0. The highest BCUT2D eigenvalue weighted by Crippen LogP contribution is 2.40. The van der Waals surface area contributed by atoms with Gasteiger partial charge in [0.1, 0.15) is 0 Å². The number of rotatable bonds is 3. The van der Waals surface area contributed by atoms with Crippen LogP contribution in [0.4, 0.5) is 0 Å². The maximum atomic E-state index is 3.78. The summed E-state index contributed by atoms with van der Waals surface area (Å²) in [5.74, 6) is 0.834. The molecule has 1 N–H and O–H groups in total. The minimum absolute atomic E-state index is 0.834. The highest BCUT2D eigenvalue weighted by Gasteiger charge is 2.23. The molecule has 0 amide bonds. The van der Waals surface area contributed by atoms with E-state index < -0.39 is 0 Å². The Morgan fingerprint density at radius 1 is 1.40 bits per heavy atom. The van der Waals surface area contributed by atoms with Gasteiger partial charge in [-0.3, -0.25) is 0 Å². The number of aromatic nitrogens is 1. The van der Waals surface area contributed by atoms with Gasteiger partial charge in [0, 0.05) is 17.1 Å². The van der Waals surface area contributed by atoms with Gasteiger partial charge in [0.25, 0.3) is 0 Å². The Morgan fingerprint density at radius 3 is 3.00 bits per heavy atom. The molecule has 15 heavy (non-hydrogen) atoms. The van der Waals surface area contributed by atoms with E-state index >= 15 is 0 Å². The van der Waals surface area contributed by atoms with Crippen LogP contribution in [-0.4, -0.2) is 4.98 Å². The van der Waals surface area contributed by atoms with E-state index in [9.17, 15) is 0 Å². The second kappa shape index (κ2) is 3.27. The van der Waals surface area contributed by atoms with Crippen LogP contribution < -0.4 is 0 Å². The van der Waals surface area contributed by atoms with E-state index in [1.165, 1.54) is 34.9 Å². The number of hydrogen-bond donors (Lipinski definition) is 1. The van der Waals surface area contributed by atoms with Gasteiger partial charge in [-0.05, 0) is 42.4 Å². The number of fused-ring (bicyclic) bond motifs is 1. The lowest BCUT2D eigenvalue weighted by atomic mass is 10.1. The largest absolute Gasteiger partial charge is 0.361 e. The van der Waals surface area contributed by atoms with Crippen LogP contribution in [-0.2, 0) is 6.42 Å². The zero-order chi connectivity index (χ0) is 10.3. The average molecular weight is 197 g/mol. The van der Waals surface area contributed by atoms with Crippen LogP contribution in [0.15, 0.2) is 37.1 Å². The molecule has 2 aromatic rings. The maximum absolute atomic E-state index is 3.78. The predicted molar refractivity (Wildman–Crippen MR) is 64.2 cm³/mol. The molecule has 0 aliphatic heterocycles. The van der Waals surface area contributed by atoms with Crippen molar-refractivity contribution in [1.29, 1.82) is 0 Å². The van der Waals surface area contributed by atoms with Crippen LogP contribution in [0.25, 0.3) is 10.9 Å². The fraction of sp³-hybridized carbons (Fsp3) is 0.286. The fourth-order valence-corrected chi connectivity index (χ4v) is 2.20. The number of hydrogen-bond acceptors (Lipinski definition) is 0. The van der Waals surface area contributed by atoms with Gasteiger partial charge < -0.3 is 4.98 Å². The summed E-state index contributed by atoms with van der Waals surface area (Å²) in [6.07, 6.45) is 7.74. The van der Waals surface area contributed by atoms with E-state index in [-0.39, 0.29) is 0 Å². The first-order valence-electron chi connectivity index (χ1n) is 5.59. The van der Waals surface area contributed by atoms with Gasteiger partial charge in [-0.25, -0.2) is 0 Å². The second-order valence-electron chi connectivity index (χ2n) is 4.39. The van der Waals surface area contributed by atoms with Crippen molar-refractivity contribution >= 4 is 10.9 Å². The molecule has 0 unspecified atom stereocenters. The van der Waals surface area contributed by atoms with Crippen LogP contribution in [0, 0.1) is 0 Å². The molecule has 1 saturated carbocycles. The summed E-state index contributed by atoms with van der Waals surface area (Å²) in [6.45, 7) is 3.78. The third-order valence-electron chi connectivity index (χ3n) is 3.20. The zero-order valence-electron chi connectivity index (χ0n) is 8.79. The summed E-state index contributed by atoms with van der Waals surface area (Å²) in [4.78, 5) is 3.35. The zero-order valence-corrected chi connectivity index (χ0v) is 8.79. The van der Waals surface area contributed by atoms with Crippen molar-refractivity contribution in [2.24, 2.45) is 0 Å². The monoisotopic (exact) mass is 197 g/mol. The Bertz CT molecular complexity index is 503. The predicted octanol–water partition coefficient (Wildman–Crippen LogP) is 3.77. The van der Waals surface area contributed by atoms with E-state index in [2.05, 4.69) is 36.0 Å². The van der Waals surface area contributed by atoms with Gasteiger partial charge in [0.05, 0.1) is 0 Å². The van der Waals surface area contributed by atoms with Crippen molar-refractivity contribution in [3.63, 3.8) is 0 Å². The summed E-state index contributed by atoms with van der Waals surface area (Å²) in [5, 5.41) is 1.35. The Labute approximate surface area is 89.8 Å². The van der Waals surface area contributed by atoms with Gasteiger partial charge in [-0.1, -0.05) is 18.2 Å². The van der Waals surface area contributed by atoms with E-state index in [4.69, 9.17) is 0 Å². The molecule has 76 valence electrons. The number of H-pyrrole nitrogens is 1. The van der Waals surface area contributed by atoms with Crippen LogP contribution in [0.3, 0.4) is 0 Å². The third kappa shape index (κ3) is 1.48. The van der Waals surface area contributed by atoms with Crippen molar-refractivity contribution in [2.45, 2.75) is 25.2 Å². The van der Waals surface area contributed by atoms with E-state index in [1.54, 1.807) is 0 Å². The smallest absolute Gasteiger partial charge is 0.0459 e. The molecule has 1 heteroatoms. The average Bonchev–Trinajstić information content (AvgIpc) is 3.03. The van der Waals surface area contributed by atoms with Gasteiger partial charge in [-0.2, -0.15) is 0 Å². The van der Waals surface area contributed by atoms with Gasteiger partial charge in [0.2, 0.25) is 0 Å². The SMILES string of the molecule is C=CCc1c[nH]c2cc(C3CC3)ccc12. The highest BCUT2D eigenvalue weighted by molar-refractivity contribution is 5.84. The summed E-state index contributed by atoms with van der Waals surface area (Å²) in [6, 6.07) is 6.83. The molecule has 1 heterocycles. The summed E-state index contributed by atoms with van der Waals surface area (Å²) in [5.41, 5.74) is 4.12. The molecule has 1 aromatic carbocycles. The molecule has 3 rings (SSSR count). The fourth-order valence-electron chi connectivity index (χ4n) is 2.20. The van der Waals surface area contributed by atoms with Gasteiger partial charge >= 0.3 is 0 Å². The number of nitrogens with one attached hydrogen (secondary N) is 1. The molecule has 0 bridgehead atoms. The summed E-state index contributed by atoms with van der Waals surface area (Å²) < 4.78 is 0. The quantitative estimate of drug-likeness (QED) is 0.721. The lowest BCUT2D eigenvalue weighted by Crippen LogP contribution is -1.80. The lowest BCUT2D eigenvalue weighted by Gasteiger charge is -1.99. The Kier molecular flexibility index (Phi) is 1.91. The molecule has 0 radical (unpaired) electrons. The minimum atomic E-state index is 0.834. The molecule has 1 aromatic heterocycles. The molecule has 1 nitrogen and oxygen atoms in total. The van der Waals surface area contributed by atoms with Crippen LogP contribution in [0.2, 0.25) is 0 Å². The van der Waals surface area contributed by atoms with Crippen molar-refractivity contribution in [3.05, 3.63) is 48.2 Å². The molecule has 1 aliphatic carbocycles. The molecule has 0 spiro atoms. The van der Waals surface area contributed by atoms with Crippen LogP contribution >= 0.6 is 0 Å². The van der Waals surface area contributed by atoms with E-state index in [1.807, 2.05) is 6.08 Å². The normalized spacial score (nSPS) is 15.7. The first-order chi connectivity index (χ1) is 7.38. The third-order valence-corrected chi connectivity index (χ3v) is 3.20. The Balaban J connectivity index is 2.08. The van der Waals surface area contributed by atoms with Crippen molar-refractivity contribution in [2.75, 3.05) is 0 Å². The van der Waals surface area contributed by atoms with Crippen LogP contribution in [0.1, 0.15) is 29.9 Å². The number of allylic oxidation sites excluding steroid dienone is 1. The number of aromatic amines is 1. The lowest BCUT2D eigenvalue weighted by molar-refractivity contribution is 1.13. The Morgan fingerprint density at radius 2 is 2.27 bits per heavy atom. The molecule has 1 aliphatic rings. The molecular weight excluding hydrogens is 182 g/mol.